The number of methoxy groups -OCH3 is 1. The largest absolute Gasteiger partial charge is 0.554 e. The van der Waals surface area contributed by atoms with Gasteiger partial charge in [0.2, 0.25) is 5.82 Å². The summed E-state index contributed by atoms with van der Waals surface area (Å²) in [5.41, 5.74) is -0.264. The molecule has 0 aliphatic carbocycles. The van der Waals surface area contributed by atoms with Gasteiger partial charge < -0.3 is 43.9 Å². The lowest BCUT2D eigenvalue weighted by molar-refractivity contribution is -0.896. The first-order valence-corrected chi connectivity index (χ1v) is 15.3. The van der Waals surface area contributed by atoms with Crippen molar-refractivity contribution in [1.29, 1.82) is 0 Å². The van der Waals surface area contributed by atoms with Gasteiger partial charge in [0.25, 0.3) is 17.7 Å². The number of halogens is 3. The van der Waals surface area contributed by atoms with E-state index in [2.05, 4.69) is 10.3 Å². The summed E-state index contributed by atoms with van der Waals surface area (Å²) in [6, 6.07) is 6.77. The molecule has 0 bridgehead atoms. The van der Waals surface area contributed by atoms with Crippen molar-refractivity contribution in [2.75, 3.05) is 59.2 Å². The summed E-state index contributed by atoms with van der Waals surface area (Å²) in [4.78, 5) is 55.3. The number of quaternary nitrogens is 1. The van der Waals surface area contributed by atoms with E-state index in [1.807, 2.05) is 14.1 Å². The van der Waals surface area contributed by atoms with Crippen LogP contribution in [0.1, 0.15) is 34.3 Å². The van der Waals surface area contributed by atoms with E-state index >= 15 is 0 Å². The summed E-state index contributed by atoms with van der Waals surface area (Å²) in [6.07, 6.45) is 1.65. The zero-order valence-corrected chi connectivity index (χ0v) is 27.9. The first kappa shape index (κ1) is 36.2. The van der Waals surface area contributed by atoms with Crippen molar-refractivity contribution in [2.45, 2.75) is 25.0 Å². The molecule has 258 valence electrons. The van der Waals surface area contributed by atoms with Gasteiger partial charge in [0.15, 0.2) is 23.4 Å². The van der Waals surface area contributed by atoms with Crippen molar-refractivity contribution in [3.63, 3.8) is 0 Å². The molecule has 48 heavy (non-hydrogen) atoms. The number of nitrogens with one attached hydrogen (secondary N) is 1. The molecule has 5 rings (SSSR count). The Balaban J connectivity index is 0.00000167. The van der Waals surface area contributed by atoms with Gasteiger partial charge in [0.05, 0.1) is 43.7 Å². The molecule has 13 nitrogen and oxygen atoms in total. The molecule has 3 amide bonds. The summed E-state index contributed by atoms with van der Waals surface area (Å²) in [5, 5.41) is 21.6. The molecule has 2 aliphatic rings. The minimum atomic E-state index is -1.15. The summed E-state index contributed by atoms with van der Waals surface area (Å²) < 4.78 is 35.5. The van der Waals surface area contributed by atoms with E-state index in [0.29, 0.717) is 49.3 Å². The number of aliphatic hydroxyl groups is 1. The van der Waals surface area contributed by atoms with E-state index < -0.39 is 29.6 Å². The number of aromatic nitrogens is 2. The Morgan fingerprint density at radius 2 is 1.75 bits per heavy atom. The molecule has 0 radical (unpaired) electrons. The van der Waals surface area contributed by atoms with E-state index in [-0.39, 0.29) is 51.3 Å². The third kappa shape index (κ3) is 7.42. The number of carbonyl (C=O) groups is 4. The van der Waals surface area contributed by atoms with Gasteiger partial charge in [-0.1, -0.05) is 11.6 Å². The monoisotopic (exact) mass is 690 g/mol. The number of hydrogen-bond acceptors (Lipinski definition) is 8. The average Bonchev–Trinajstić information content (AvgIpc) is 3.52. The first-order chi connectivity index (χ1) is 22.5. The molecule has 0 saturated carbocycles. The lowest BCUT2D eigenvalue weighted by Gasteiger charge is -2.38. The van der Waals surface area contributed by atoms with Gasteiger partial charge in [-0.25, -0.2) is 9.37 Å². The first-order valence-electron chi connectivity index (χ1n) is 14.9. The van der Waals surface area contributed by atoms with Gasteiger partial charge in [-0.2, -0.15) is 4.39 Å². The van der Waals surface area contributed by atoms with Crippen molar-refractivity contribution in [1.82, 2.24) is 19.4 Å². The highest BCUT2D eigenvalue weighted by Gasteiger charge is 2.52. The molecule has 0 unspecified atom stereocenters. The standard InChI is InChI=1S/C31H35ClF2N6O5.CH2O2/c1-31(44)15-23(40(3,4)17-31)30(43)39-12-10-38(11-13-39)29(42)19-7-6-18(14-21(19)32)36-28(41)27-35-16-22(37(27)2)20-8-9-24(45-5)26(34)25(20)33;2-1-3/h6-9,14,16,23,44H,10-13,15,17H2,1-5H3;1H,(H,2,3)/t23-,31+;/m0./s1. The highest BCUT2D eigenvalue weighted by Crippen LogP contribution is 2.33. The summed E-state index contributed by atoms with van der Waals surface area (Å²) in [6.45, 7) is 3.14. The fraction of sp³-hybridized carbons (Fsp3) is 0.406. The summed E-state index contributed by atoms with van der Waals surface area (Å²) in [5.74, 6) is -3.53. The van der Waals surface area contributed by atoms with Crippen molar-refractivity contribution in [3.05, 3.63) is 64.6 Å². The van der Waals surface area contributed by atoms with Crippen LogP contribution in [0.15, 0.2) is 36.5 Å². The Bertz CT molecular complexity index is 1720. The number of carbonyl (C=O) groups excluding carboxylic acids is 4. The van der Waals surface area contributed by atoms with Crippen LogP contribution in [-0.2, 0) is 16.6 Å². The molecular formula is C32H37ClF2N6O7. The smallest absolute Gasteiger partial charge is 0.291 e. The molecule has 16 heteroatoms. The van der Waals surface area contributed by atoms with Crippen molar-refractivity contribution in [3.8, 4) is 17.0 Å². The molecular weight excluding hydrogens is 654 g/mol. The number of rotatable bonds is 6. The molecule has 1 aromatic heterocycles. The third-order valence-electron chi connectivity index (χ3n) is 8.58. The molecule has 2 atom stereocenters. The van der Waals surface area contributed by atoms with Gasteiger partial charge in [0, 0.05) is 57.4 Å². The second-order valence-corrected chi connectivity index (χ2v) is 12.9. The lowest BCUT2D eigenvalue weighted by Crippen LogP contribution is -2.58. The number of likely N-dealkylation sites (N-methyl/N-ethyl adjacent to an activating group) is 1. The van der Waals surface area contributed by atoms with Crippen LogP contribution in [0.2, 0.25) is 5.02 Å². The Morgan fingerprint density at radius 3 is 2.31 bits per heavy atom. The molecule has 0 spiro atoms. The van der Waals surface area contributed by atoms with Crippen molar-refractivity contribution in [2.24, 2.45) is 7.05 Å². The second-order valence-electron chi connectivity index (χ2n) is 12.5. The van der Waals surface area contributed by atoms with Crippen LogP contribution in [0, 0.1) is 11.6 Å². The highest BCUT2D eigenvalue weighted by atomic mass is 35.5. The van der Waals surface area contributed by atoms with Crippen LogP contribution in [0.4, 0.5) is 14.5 Å². The van der Waals surface area contributed by atoms with E-state index in [0.717, 1.165) is 0 Å². The Labute approximate surface area is 280 Å². The minimum Gasteiger partial charge on any atom is -0.554 e. The maximum atomic E-state index is 14.7. The van der Waals surface area contributed by atoms with Gasteiger partial charge in [0.1, 0.15) is 12.1 Å². The van der Waals surface area contributed by atoms with Gasteiger partial charge in [-0.05, 0) is 37.3 Å². The average molecular weight is 691 g/mol. The Kier molecular flexibility index (Phi) is 10.8. The second kappa shape index (κ2) is 14.3. The maximum absolute atomic E-state index is 14.7. The number of imidazole rings is 1. The van der Waals surface area contributed by atoms with E-state index in [1.165, 1.54) is 55.3 Å². The third-order valence-corrected chi connectivity index (χ3v) is 8.89. The zero-order valence-electron chi connectivity index (χ0n) is 27.1. The SMILES string of the molecule is COc1ccc(-c2cnc(C(=O)Nc3ccc(C(=O)N4CCN(C(=O)[C@@H]5C[C@@](C)(O)C[N+]5(C)C)CC4)c(Cl)c3)n2C)c(F)c1F.O=C[O-]. The number of nitrogens with zero attached hydrogens (tertiary/aromatic N) is 5. The molecule has 2 N–H and O–H groups in total. The van der Waals surface area contributed by atoms with Gasteiger partial charge in [-0.15, -0.1) is 0 Å². The van der Waals surface area contributed by atoms with Crippen LogP contribution in [0.5, 0.6) is 5.75 Å². The predicted molar refractivity (Wildman–Crippen MR) is 169 cm³/mol. The normalized spacial score (nSPS) is 20.1. The fourth-order valence-electron chi connectivity index (χ4n) is 6.32. The fourth-order valence-corrected chi connectivity index (χ4v) is 6.59. The number of carboxylic acid groups (broad SMARTS) is 1. The summed E-state index contributed by atoms with van der Waals surface area (Å²) >= 11 is 6.47. The minimum absolute atomic E-state index is 0.0240. The van der Waals surface area contributed by atoms with E-state index in [4.69, 9.17) is 26.2 Å². The zero-order chi connectivity index (χ0) is 35.6. The van der Waals surface area contributed by atoms with Gasteiger partial charge in [-0.3, -0.25) is 14.4 Å². The molecule has 3 aromatic rings. The number of amides is 3. The molecule has 2 aliphatic heterocycles. The van der Waals surface area contributed by atoms with E-state index in [9.17, 15) is 28.3 Å². The molecule has 3 heterocycles. The number of hydrogen-bond donors (Lipinski definition) is 2. The maximum Gasteiger partial charge on any atom is 0.291 e. The van der Waals surface area contributed by atoms with Crippen molar-refractivity contribution >= 4 is 41.5 Å². The predicted octanol–water partition coefficient (Wildman–Crippen LogP) is 1.53. The Morgan fingerprint density at radius 1 is 1.12 bits per heavy atom. The topological polar surface area (TPSA) is 157 Å². The molecule has 2 fully saturated rings. The van der Waals surface area contributed by atoms with Crippen molar-refractivity contribution < 1.29 is 47.4 Å². The number of benzene rings is 2. The number of piperazine rings is 1. The van der Waals surface area contributed by atoms with Crippen LogP contribution < -0.4 is 15.2 Å². The summed E-state index contributed by atoms with van der Waals surface area (Å²) in [7, 11) is 6.61. The Hall–Kier alpha value is -4.60. The van der Waals surface area contributed by atoms with Crippen LogP contribution in [0.3, 0.4) is 0 Å². The number of likely N-dealkylation sites (tertiary alicyclic amines) is 1. The van der Waals surface area contributed by atoms with Crippen LogP contribution in [0.25, 0.3) is 11.3 Å². The van der Waals surface area contributed by atoms with Crippen LogP contribution in [-0.4, -0.2) is 119 Å². The van der Waals surface area contributed by atoms with Crippen LogP contribution >= 0.6 is 11.6 Å². The number of anilines is 1. The molecule has 2 saturated heterocycles. The van der Waals surface area contributed by atoms with Gasteiger partial charge >= 0.3 is 0 Å². The lowest BCUT2D eigenvalue weighted by atomic mass is 10.0. The molecule has 2 aromatic carbocycles. The number of ether oxygens (including phenoxy) is 1. The van der Waals surface area contributed by atoms with E-state index in [1.54, 1.807) is 16.7 Å². The highest BCUT2D eigenvalue weighted by molar-refractivity contribution is 6.34. The quantitative estimate of drug-likeness (QED) is 0.291.